The van der Waals surface area contributed by atoms with Gasteiger partial charge < -0.3 is 10.6 Å². The van der Waals surface area contributed by atoms with E-state index < -0.39 is 0 Å². The van der Waals surface area contributed by atoms with Crippen molar-refractivity contribution in [2.75, 3.05) is 0 Å². The summed E-state index contributed by atoms with van der Waals surface area (Å²) in [6, 6.07) is 0.637. The van der Waals surface area contributed by atoms with Crippen LogP contribution in [0.25, 0.3) is 0 Å². The minimum absolute atomic E-state index is 0.0521. The van der Waals surface area contributed by atoms with Crippen LogP contribution in [0.4, 0.5) is 0 Å². The van der Waals surface area contributed by atoms with Crippen LogP contribution in [0.5, 0.6) is 0 Å². The van der Waals surface area contributed by atoms with Gasteiger partial charge in [0.2, 0.25) is 5.91 Å². The molecule has 0 radical (unpaired) electrons. The normalized spacial score (nSPS) is 32.2. The summed E-state index contributed by atoms with van der Waals surface area (Å²) in [5.74, 6) is 1.28. The molecule has 15 heavy (non-hydrogen) atoms. The van der Waals surface area contributed by atoms with Crippen molar-refractivity contribution in [1.82, 2.24) is 10.6 Å². The third kappa shape index (κ3) is 3.20. The van der Waals surface area contributed by atoms with Gasteiger partial charge >= 0.3 is 0 Å². The molecule has 0 aliphatic carbocycles. The van der Waals surface area contributed by atoms with Crippen molar-refractivity contribution in [3.8, 4) is 0 Å². The molecule has 0 aromatic rings. The van der Waals surface area contributed by atoms with Crippen LogP contribution in [0.1, 0.15) is 41.0 Å². The molecule has 3 nitrogen and oxygen atoms in total. The lowest BCUT2D eigenvalue weighted by atomic mass is 9.87. The van der Waals surface area contributed by atoms with Gasteiger partial charge in [0, 0.05) is 12.1 Å². The van der Waals surface area contributed by atoms with Gasteiger partial charge in [-0.3, -0.25) is 4.79 Å². The van der Waals surface area contributed by atoms with Crippen LogP contribution in [-0.4, -0.2) is 24.0 Å². The van der Waals surface area contributed by atoms with E-state index in [9.17, 15) is 4.79 Å². The number of carbonyl (C=O) groups excluding carboxylic acids is 1. The summed E-state index contributed by atoms with van der Waals surface area (Å²) in [5, 5.41) is 6.54. The minimum atomic E-state index is -0.0521. The molecule has 1 aliphatic heterocycles. The Morgan fingerprint density at radius 2 is 1.87 bits per heavy atom. The Morgan fingerprint density at radius 3 is 2.33 bits per heavy atom. The maximum Gasteiger partial charge on any atom is 0.237 e. The van der Waals surface area contributed by atoms with Gasteiger partial charge in [-0.1, -0.05) is 27.7 Å². The summed E-state index contributed by atoms with van der Waals surface area (Å²) in [6.45, 7) is 10.7. The van der Waals surface area contributed by atoms with Crippen molar-refractivity contribution < 1.29 is 4.79 Å². The van der Waals surface area contributed by atoms with Gasteiger partial charge in [0.1, 0.15) is 0 Å². The molecule has 1 heterocycles. The first-order chi connectivity index (χ1) is 6.91. The predicted molar refractivity (Wildman–Crippen MR) is 62.6 cm³/mol. The lowest BCUT2D eigenvalue weighted by Crippen LogP contribution is -2.64. The molecule has 1 amide bonds. The van der Waals surface area contributed by atoms with Gasteiger partial charge in [-0.05, 0) is 25.2 Å². The van der Waals surface area contributed by atoms with Crippen LogP contribution < -0.4 is 10.6 Å². The molecule has 3 atom stereocenters. The Labute approximate surface area is 93.0 Å². The van der Waals surface area contributed by atoms with Crippen LogP contribution in [0, 0.1) is 11.8 Å². The lowest BCUT2D eigenvalue weighted by molar-refractivity contribution is -0.126. The summed E-state index contributed by atoms with van der Waals surface area (Å²) in [4.78, 5) is 11.6. The molecule has 2 N–H and O–H groups in total. The lowest BCUT2D eigenvalue weighted by Gasteiger charge is -2.39. The highest BCUT2D eigenvalue weighted by atomic mass is 16.2. The highest BCUT2D eigenvalue weighted by molar-refractivity contribution is 5.82. The third-order valence-corrected chi connectivity index (χ3v) is 3.04. The van der Waals surface area contributed by atoms with Crippen molar-refractivity contribution in [2.24, 2.45) is 11.8 Å². The van der Waals surface area contributed by atoms with E-state index in [4.69, 9.17) is 0 Å². The standard InChI is InChI=1S/C12H24N2O/c1-7(2)6-10-11(8(3)4)14-12(15)9(5)13-10/h7-11,13H,6H2,1-5H3,(H,14,15)/t9-,10+,11-/m0/s1. The molecule has 3 heteroatoms. The Bertz CT molecular complexity index is 226. The first kappa shape index (κ1) is 12.5. The monoisotopic (exact) mass is 212 g/mol. The average molecular weight is 212 g/mol. The van der Waals surface area contributed by atoms with Crippen LogP contribution in [0.15, 0.2) is 0 Å². The van der Waals surface area contributed by atoms with Gasteiger partial charge in [-0.2, -0.15) is 0 Å². The van der Waals surface area contributed by atoms with E-state index in [1.54, 1.807) is 0 Å². The Kier molecular flexibility index (Phi) is 4.14. The molecule has 0 unspecified atom stereocenters. The van der Waals surface area contributed by atoms with E-state index in [0.717, 1.165) is 6.42 Å². The van der Waals surface area contributed by atoms with Crippen molar-refractivity contribution >= 4 is 5.91 Å². The molecule has 0 aromatic heterocycles. The highest BCUT2D eigenvalue weighted by Crippen LogP contribution is 2.18. The Hall–Kier alpha value is -0.570. The van der Waals surface area contributed by atoms with Gasteiger partial charge in [0.25, 0.3) is 0 Å². The average Bonchev–Trinajstić information content (AvgIpc) is 2.09. The van der Waals surface area contributed by atoms with Crippen molar-refractivity contribution in [3.63, 3.8) is 0 Å². The summed E-state index contributed by atoms with van der Waals surface area (Å²) in [7, 11) is 0. The third-order valence-electron chi connectivity index (χ3n) is 3.04. The number of hydrogen-bond donors (Lipinski definition) is 2. The predicted octanol–water partition coefficient (Wildman–Crippen LogP) is 1.53. The maximum absolute atomic E-state index is 11.6. The number of amides is 1. The fourth-order valence-corrected chi connectivity index (χ4v) is 2.24. The number of rotatable bonds is 3. The van der Waals surface area contributed by atoms with Crippen molar-refractivity contribution in [1.29, 1.82) is 0 Å². The molecular formula is C12H24N2O. The Morgan fingerprint density at radius 1 is 1.27 bits per heavy atom. The van der Waals surface area contributed by atoms with Gasteiger partial charge in [-0.15, -0.1) is 0 Å². The minimum Gasteiger partial charge on any atom is -0.350 e. The highest BCUT2D eigenvalue weighted by Gasteiger charge is 2.34. The van der Waals surface area contributed by atoms with Crippen LogP contribution in [0.3, 0.4) is 0 Å². The molecule has 88 valence electrons. The number of piperazine rings is 1. The number of nitrogens with one attached hydrogen (secondary N) is 2. The number of carbonyl (C=O) groups is 1. The summed E-state index contributed by atoms with van der Waals surface area (Å²) >= 11 is 0. The zero-order valence-corrected chi connectivity index (χ0v) is 10.5. The maximum atomic E-state index is 11.6. The van der Waals surface area contributed by atoms with E-state index >= 15 is 0 Å². The summed E-state index contributed by atoms with van der Waals surface area (Å²) < 4.78 is 0. The zero-order valence-electron chi connectivity index (χ0n) is 10.5. The van der Waals surface area contributed by atoms with Gasteiger partial charge in [0.15, 0.2) is 0 Å². The topological polar surface area (TPSA) is 41.1 Å². The molecule has 0 spiro atoms. The number of hydrogen-bond acceptors (Lipinski definition) is 2. The Balaban J connectivity index is 2.67. The fraction of sp³-hybridized carbons (Fsp3) is 0.917. The quantitative estimate of drug-likeness (QED) is 0.745. The molecule has 1 rings (SSSR count). The second-order valence-corrected chi connectivity index (χ2v) is 5.40. The molecule has 0 bridgehead atoms. The molecule has 0 aromatic carbocycles. The first-order valence-corrected chi connectivity index (χ1v) is 5.98. The largest absolute Gasteiger partial charge is 0.350 e. The summed E-state index contributed by atoms with van der Waals surface area (Å²) in [6.07, 6.45) is 1.12. The first-order valence-electron chi connectivity index (χ1n) is 5.98. The van der Waals surface area contributed by atoms with Gasteiger partial charge in [0.05, 0.1) is 6.04 Å². The SMILES string of the molecule is CC(C)C[C@H]1N[C@@H](C)C(=O)N[C@H]1C(C)C. The van der Waals surface area contributed by atoms with Crippen LogP contribution >= 0.6 is 0 Å². The van der Waals surface area contributed by atoms with Gasteiger partial charge in [-0.25, -0.2) is 0 Å². The van der Waals surface area contributed by atoms with E-state index in [1.165, 1.54) is 0 Å². The molecular weight excluding hydrogens is 188 g/mol. The molecule has 1 fully saturated rings. The van der Waals surface area contributed by atoms with E-state index in [-0.39, 0.29) is 18.0 Å². The molecule has 0 saturated carbocycles. The van der Waals surface area contributed by atoms with E-state index in [2.05, 4.69) is 38.3 Å². The van der Waals surface area contributed by atoms with Crippen LogP contribution in [0.2, 0.25) is 0 Å². The second kappa shape index (κ2) is 4.97. The molecule has 1 saturated heterocycles. The zero-order chi connectivity index (χ0) is 11.6. The fourth-order valence-electron chi connectivity index (χ4n) is 2.24. The van der Waals surface area contributed by atoms with E-state index in [1.807, 2.05) is 6.92 Å². The smallest absolute Gasteiger partial charge is 0.237 e. The van der Waals surface area contributed by atoms with Crippen molar-refractivity contribution in [3.05, 3.63) is 0 Å². The van der Waals surface area contributed by atoms with E-state index in [0.29, 0.717) is 17.9 Å². The van der Waals surface area contributed by atoms with Crippen molar-refractivity contribution in [2.45, 2.75) is 59.2 Å². The summed E-state index contributed by atoms with van der Waals surface area (Å²) in [5.41, 5.74) is 0. The second-order valence-electron chi connectivity index (χ2n) is 5.40. The van der Waals surface area contributed by atoms with Crippen LogP contribution in [-0.2, 0) is 4.79 Å². The molecule has 1 aliphatic rings.